The zero-order chi connectivity index (χ0) is 20.1. The fraction of sp³-hybridized carbons (Fsp3) is 0.150. The van der Waals surface area contributed by atoms with Gasteiger partial charge < -0.3 is 11.5 Å². The van der Waals surface area contributed by atoms with Crippen LogP contribution < -0.4 is 11.5 Å². The number of hydrogen-bond acceptors (Lipinski definition) is 7. The highest BCUT2D eigenvalue weighted by atomic mass is 15.1. The summed E-state index contributed by atoms with van der Waals surface area (Å²) in [6.45, 7) is 0.673. The van der Waals surface area contributed by atoms with Crippen molar-refractivity contribution in [3.8, 4) is 11.8 Å². The molecule has 28 heavy (non-hydrogen) atoms. The van der Waals surface area contributed by atoms with E-state index in [1.165, 1.54) is 6.20 Å². The Hall–Kier alpha value is -3.83. The Morgan fingerprint density at radius 3 is 2.64 bits per heavy atom. The van der Waals surface area contributed by atoms with Gasteiger partial charge in [-0.15, -0.1) is 10.2 Å². The summed E-state index contributed by atoms with van der Waals surface area (Å²) in [7, 11) is 3.94. The molecule has 0 aliphatic rings. The van der Waals surface area contributed by atoms with E-state index in [2.05, 4.69) is 32.0 Å². The fourth-order valence-corrected chi connectivity index (χ4v) is 2.41. The van der Waals surface area contributed by atoms with Crippen molar-refractivity contribution in [2.45, 2.75) is 0 Å². The summed E-state index contributed by atoms with van der Waals surface area (Å²) >= 11 is 0. The third-order valence-electron chi connectivity index (χ3n) is 3.81. The minimum absolute atomic E-state index is 0.103. The highest BCUT2D eigenvalue weighted by Gasteiger charge is 2.07. The summed E-state index contributed by atoms with van der Waals surface area (Å²) in [5, 5.41) is 17.6. The van der Waals surface area contributed by atoms with Crippen molar-refractivity contribution in [1.82, 2.24) is 14.9 Å². The number of nitrogens with two attached hydrogens (primary N) is 2. The van der Waals surface area contributed by atoms with Crippen LogP contribution in [-0.4, -0.2) is 41.3 Å². The summed E-state index contributed by atoms with van der Waals surface area (Å²) in [6.07, 6.45) is 3.19. The number of rotatable bonds is 4. The molecule has 0 saturated carbocycles. The average molecular weight is 372 g/mol. The van der Waals surface area contributed by atoms with E-state index in [1.807, 2.05) is 37.2 Å². The van der Waals surface area contributed by atoms with Crippen molar-refractivity contribution in [2.24, 2.45) is 16.0 Å². The first-order valence-electron chi connectivity index (χ1n) is 8.48. The molecule has 0 bridgehead atoms. The van der Waals surface area contributed by atoms with E-state index < -0.39 is 0 Å². The molecule has 0 radical (unpaired) electrons. The summed E-state index contributed by atoms with van der Waals surface area (Å²) in [6, 6.07) is 9.10. The number of aromatic nitrogens is 2. The molecule has 3 rings (SSSR count). The molecule has 0 spiro atoms. The predicted molar refractivity (Wildman–Crippen MR) is 111 cm³/mol. The van der Waals surface area contributed by atoms with Crippen LogP contribution in [0.4, 0.5) is 17.2 Å². The largest absolute Gasteiger partial charge is 0.382 e. The molecule has 5 N–H and O–H groups in total. The average Bonchev–Trinajstić information content (AvgIpc) is 2.67. The van der Waals surface area contributed by atoms with Gasteiger partial charge in [0.05, 0.1) is 12.7 Å². The molecule has 3 aromatic rings. The second-order valence-corrected chi connectivity index (χ2v) is 6.35. The van der Waals surface area contributed by atoms with Crippen LogP contribution in [0.5, 0.6) is 0 Å². The SMILES string of the molecule is CN(C)CC#Cc1ccc2cnc(N)c(/N=N/c3ccc(C(=N)N)nc3)c2c1. The first kappa shape index (κ1) is 18.9. The lowest BCUT2D eigenvalue weighted by molar-refractivity contribution is 0.464. The van der Waals surface area contributed by atoms with E-state index in [4.69, 9.17) is 16.9 Å². The van der Waals surface area contributed by atoms with Crippen LogP contribution in [-0.2, 0) is 0 Å². The minimum Gasteiger partial charge on any atom is -0.382 e. The van der Waals surface area contributed by atoms with Crippen LogP contribution in [0, 0.1) is 17.3 Å². The Labute approximate surface area is 162 Å². The Kier molecular flexibility index (Phi) is 5.58. The van der Waals surface area contributed by atoms with E-state index in [1.54, 1.807) is 18.3 Å². The summed E-state index contributed by atoms with van der Waals surface area (Å²) in [4.78, 5) is 10.3. The maximum Gasteiger partial charge on any atom is 0.151 e. The van der Waals surface area contributed by atoms with Crippen molar-refractivity contribution in [3.05, 3.63) is 54.0 Å². The Morgan fingerprint density at radius 2 is 1.96 bits per heavy atom. The van der Waals surface area contributed by atoms with Gasteiger partial charge in [0.1, 0.15) is 22.9 Å². The topological polar surface area (TPSA) is 130 Å². The molecule has 0 amide bonds. The highest BCUT2D eigenvalue weighted by molar-refractivity contribution is 5.97. The highest BCUT2D eigenvalue weighted by Crippen LogP contribution is 2.32. The molecular formula is C20H20N8. The van der Waals surface area contributed by atoms with E-state index in [-0.39, 0.29) is 11.7 Å². The maximum absolute atomic E-state index is 7.38. The van der Waals surface area contributed by atoms with E-state index in [0.717, 1.165) is 16.3 Å². The number of fused-ring (bicyclic) bond motifs is 1. The van der Waals surface area contributed by atoms with Gasteiger partial charge in [-0.2, -0.15) is 0 Å². The minimum atomic E-state index is -0.103. The molecule has 0 atom stereocenters. The quantitative estimate of drug-likeness (QED) is 0.281. The number of nitrogen functional groups attached to an aromatic ring is 2. The van der Waals surface area contributed by atoms with Crippen molar-refractivity contribution < 1.29 is 0 Å². The zero-order valence-corrected chi connectivity index (χ0v) is 15.6. The molecule has 2 heterocycles. The van der Waals surface area contributed by atoms with Gasteiger partial charge in [0.15, 0.2) is 5.82 Å². The Balaban J connectivity index is 1.97. The van der Waals surface area contributed by atoms with E-state index in [0.29, 0.717) is 23.6 Å². The van der Waals surface area contributed by atoms with Gasteiger partial charge in [0.2, 0.25) is 0 Å². The molecule has 0 fully saturated rings. The fourth-order valence-electron chi connectivity index (χ4n) is 2.41. The first-order valence-corrected chi connectivity index (χ1v) is 8.48. The van der Waals surface area contributed by atoms with Gasteiger partial charge in [-0.1, -0.05) is 17.9 Å². The van der Waals surface area contributed by atoms with Gasteiger partial charge in [-0.3, -0.25) is 15.3 Å². The number of azo groups is 1. The summed E-state index contributed by atoms with van der Waals surface area (Å²) in [5.41, 5.74) is 13.7. The van der Waals surface area contributed by atoms with Crippen molar-refractivity contribution >= 4 is 33.8 Å². The van der Waals surface area contributed by atoms with Crippen LogP contribution in [0.3, 0.4) is 0 Å². The third kappa shape index (κ3) is 4.47. The third-order valence-corrected chi connectivity index (χ3v) is 3.81. The molecule has 140 valence electrons. The molecule has 8 nitrogen and oxygen atoms in total. The number of pyridine rings is 2. The Bertz CT molecular complexity index is 1100. The molecule has 0 aliphatic carbocycles. The smallest absolute Gasteiger partial charge is 0.151 e. The zero-order valence-electron chi connectivity index (χ0n) is 15.6. The monoisotopic (exact) mass is 372 g/mol. The standard InChI is InChI=1S/C20H20N8/c1-28(2)9-3-4-13-5-6-14-11-25-20(23)18(16(14)10-13)27-26-15-7-8-17(19(21)22)24-12-15/h5-8,10-12H,9H2,1-2H3,(H3,21,22)(H2,23,25)/b27-26+. The van der Waals surface area contributed by atoms with Gasteiger partial charge in [-0.05, 0) is 38.4 Å². The molecule has 0 saturated heterocycles. The van der Waals surface area contributed by atoms with Gasteiger partial charge >= 0.3 is 0 Å². The Morgan fingerprint density at radius 1 is 1.14 bits per heavy atom. The number of nitrogens with one attached hydrogen (secondary N) is 1. The number of amidine groups is 1. The summed E-state index contributed by atoms with van der Waals surface area (Å²) in [5.74, 6) is 6.43. The molecule has 1 aromatic carbocycles. The predicted octanol–water partition coefficient (Wildman–Crippen LogP) is 2.82. The second kappa shape index (κ2) is 8.24. The molecular weight excluding hydrogens is 352 g/mol. The number of hydrogen-bond donors (Lipinski definition) is 3. The molecule has 8 heteroatoms. The number of nitrogens with zero attached hydrogens (tertiary/aromatic N) is 5. The van der Waals surface area contributed by atoms with Crippen molar-refractivity contribution in [3.63, 3.8) is 0 Å². The molecule has 0 unspecified atom stereocenters. The first-order chi connectivity index (χ1) is 13.4. The van der Waals surface area contributed by atoms with Crippen molar-refractivity contribution in [1.29, 1.82) is 5.41 Å². The van der Waals surface area contributed by atoms with Crippen LogP contribution in [0.1, 0.15) is 11.3 Å². The van der Waals surface area contributed by atoms with E-state index >= 15 is 0 Å². The summed E-state index contributed by atoms with van der Waals surface area (Å²) < 4.78 is 0. The lowest BCUT2D eigenvalue weighted by Crippen LogP contribution is -2.12. The number of anilines is 1. The van der Waals surface area contributed by atoms with Gasteiger partial charge in [-0.25, -0.2) is 4.98 Å². The van der Waals surface area contributed by atoms with Crippen LogP contribution in [0.25, 0.3) is 10.8 Å². The second-order valence-electron chi connectivity index (χ2n) is 6.35. The van der Waals surface area contributed by atoms with Crippen molar-refractivity contribution in [2.75, 3.05) is 26.4 Å². The van der Waals surface area contributed by atoms with Crippen LogP contribution in [0.2, 0.25) is 0 Å². The lowest BCUT2D eigenvalue weighted by atomic mass is 10.1. The van der Waals surface area contributed by atoms with E-state index in [9.17, 15) is 0 Å². The number of benzene rings is 1. The van der Waals surface area contributed by atoms with Gasteiger partial charge in [0.25, 0.3) is 0 Å². The van der Waals surface area contributed by atoms with Crippen LogP contribution >= 0.6 is 0 Å². The van der Waals surface area contributed by atoms with Gasteiger partial charge in [0, 0.05) is 22.5 Å². The molecule has 0 aliphatic heterocycles. The van der Waals surface area contributed by atoms with Crippen LogP contribution in [0.15, 0.2) is 53.0 Å². The molecule has 2 aromatic heterocycles. The normalized spacial score (nSPS) is 11.0. The maximum atomic E-state index is 7.38. The lowest BCUT2D eigenvalue weighted by Gasteiger charge is -2.05.